The predicted octanol–water partition coefficient (Wildman–Crippen LogP) is 1.31. The molecule has 7 nitrogen and oxygen atoms in total. The van der Waals surface area contributed by atoms with Gasteiger partial charge in [-0.05, 0) is 64.0 Å². The fourth-order valence-electron chi connectivity index (χ4n) is 3.64. The first kappa shape index (κ1) is 20.3. The lowest BCUT2D eigenvalue weighted by Gasteiger charge is -2.35. The Labute approximate surface area is 161 Å². The third-order valence-corrected chi connectivity index (χ3v) is 6.86. The number of hydrogen-bond acceptors (Lipinski definition) is 5. The Morgan fingerprint density at radius 2 is 1.85 bits per heavy atom. The molecular weight excluding hydrogens is 366 g/mol. The molecule has 27 heavy (non-hydrogen) atoms. The molecule has 0 aromatic heterocycles. The molecule has 1 N–H and O–H groups in total. The van der Waals surface area contributed by atoms with Gasteiger partial charge in [-0.2, -0.15) is 0 Å². The number of benzene rings is 1. The summed E-state index contributed by atoms with van der Waals surface area (Å²) >= 11 is 0. The number of hydrogen-bond donors (Lipinski definition) is 1. The van der Waals surface area contributed by atoms with Crippen LogP contribution in [0.2, 0.25) is 0 Å². The van der Waals surface area contributed by atoms with Gasteiger partial charge >= 0.3 is 0 Å². The molecule has 0 spiro atoms. The molecule has 3 rings (SSSR count). The maximum atomic E-state index is 12.7. The van der Waals surface area contributed by atoms with Crippen molar-refractivity contribution in [3.63, 3.8) is 0 Å². The number of piperidine rings is 1. The molecule has 0 saturated carbocycles. The number of ether oxygens (including phenoxy) is 1. The highest BCUT2D eigenvalue weighted by Gasteiger charge is 2.25. The highest BCUT2D eigenvalue weighted by Crippen LogP contribution is 2.18. The fraction of sp³-hybridized carbons (Fsp3) is 0.632. The van der Waals surface area contributed by atoms with Gasteiger partial charge < -0.3 is 14.5 Å². The van der Waals surface area contributed by atoms with E-state index in [4.69, 9.17) is 4.74 Å². The number of amides is 1. The molecule has 8 heteroatoms. The Morgan fingerprint density at radius 1 is 1.19 bits per heavy atom. The van der Waals surface area contributed by atoms with Gasteiger partial charge in [0.15, 0.2) is 0 Å². The number of rotatable bonds is 6. The van der Waals surface area contributed by atoms with Crippen molar-refractivity contribution in [3.8, 4) is 0 Å². The molecule has 2 fully saturated rings. The molecule has 0 aliphatic carbocycles. The van der Waals surface area contributed by atoms with E-state index in [1.54, 1.807) is 12.1 Å². The van der Waals surface area contributed by atoms with E-state index in [0.29, 0.717) is 18.2 Å². The van der Waals surface area contributed by atoms with Crippen LogP contribution < -0.4 is 4.72 Å². The zero-order valence-corrected chi connectivity index (χ0v) is 16.9. The minimum absolute atomic E-state index is 0.0385. The Balaban J connectivity index is 1.58. The number of carbonyl (C=O) groups excluding carboxylic acids is 1. The maximum absolute atomic E-state index is 12.7. The molecule has 1 atom stereocenters. The lowest BCUT2D eigenvalue weighted by molar-refractivity contribution is 0.0663. The molecule has 2 heterocycles. The predicted molar refractivity (Wildman–Crippen MR) is 103 cm³/mol. The first-order valence-corrected chi connectivity index (χ1v) is 11.0. The topological polar surface area (TPSA) is 79.0 Å². The highest BCUT2D eigenvalue weighted by molar-refractivity contribution is 7.89. The van der Waals surface area contributed by atoms with Crippen molar-refractivity contribution in [2.75, 3.05) is 40.3 Å². The Morgan fingerprint density at radius 3 is 2.41 bits per heavy atom. The van der Waals surface area contributed by atoms with Crippen LogP contribution >= 0.6 is 0 Å². The summed E-state index contributed by atoms with van der Waals surface area (Å²) in [5, 5.41) is 0. The molecular formula is C19H29N3O4S. The summed E-state index contributed by atoms with van der Waals surface area (Å²) < 4.78 is 32.8. The number of nitrogens with one attached hydrogen (secondary N) is 1. The van der Waals surface area contributed by atoms with Gasteiger partial charge in [-0.25, -0.2) is 13.1 Å². The summed E-state index contributed by atoms with van der Waals surface area (Å²) in [6, 6.07) is 6.70. The van der Waals surface area contributed by atoms with E-state index in [-0.39, 0.29) is 23.5 Å². The van der Waals surface area contributed by atoms with E-state index >= 15 is 0 Å². The van der Waals surface area contributed by atoms with Crippen molar-refractivity contribution in [2.45, 2.75) is 42.7 Å². The lowest BCUT2D eigenvalue weighted by atomic mass is 10.0. The van der Waals surface area contributed by atoms with Crippen molar-refractivity contribution >= 4 is 15.9 Å². The first-order valence-electron chi connectivity index (χ1n) is 9.54. The van der Waals surface area contributed by atoms with Crippen LogP contribution in [0.25, 0.3) is 0 Å². The summed E-state index contributed by atoms with van der Waals surface area (Å²) in [7, 11) is 0.535. The first-order chi connectivity index (χ1) is 12.9. The molecule has 1 unspecified atom stereocenters. The molecule has 150 valence electrons. The van der Waals surface area contributed by atoms with Crippen LogP contribution in [0, 0.1) is 0 Å². The number of carbonyl (C=O) groups is 1. The molecule has 2 aliphatic rings. The number of nitrogens with zero attached hydrogens (tertiary/aromatic N) is 2. The van der Waals surface area contributed by atoms with Crippen molar-refractivity contribution in [3.05, 3.63) is 29.8 Å². The van der Waals surface area contributed by atoms with Crippen LogP contribution in [0.15, 0.2) is 29.2 Å². The van der Waals surface area contributed by atoms with E-state index in [1.165, 1.54) is 12.1 Å². The Hall–Kier alpha value is -1.48. The van der Waals surface area contributed by atoms with Gasteiger partial charge in [0.25, 0.3) is 5.91 Å². The molecule has 1 aromatic rings. The van der Waals surface area contributed by atoms with Gasteiger partial charge in [0, 0.05) is 37.8 Å². The number of sulfonamides is 1. The second-order valence-electron chi connectivity index (χ2n) is 7.50. The summed E-state index contributed by atoms with van der Waals surface area (Å²) in [6.45, 7) is 2.42. The quantitative estimate of drug-likeness (QED) is 0.786. The van der Waals surface area contributed by atoms with E-state index in [1.807, 2.05) is 4.90 Å². The van der Waals surface area contributed by atoms with Crippen molar-refractivity contribution < 1.29 is 17.9 Å². The third kappa shape index (κ3) is 5.07. The van der Waals surface area contributed by atoms with Crippen LogP contribution in [0.4, 0.5) is 0 Å². The standard InChI is InChI=1S/C19H29N3O4S/c1-21(2)16-9-11-22(12-10-16)19(23)15-5-7-18(8-6-15)27(24,25)20-14-17-4-3-13-26-17/h5-8,16-17,20H,3-4,9-14H2,1-2H3. The summed E-state index contributed by atoms with van der Waals surface area (Å²) in [5.74, 6) is -0.0385. The van der Waals surface area contributed by atoms with E-state index < -0.39 is 10.0 Å². The molecule has 1 amide bonds. The summed E-state index contributed by atoms with van der Waals surface area (Å²) in [4.78, 5) is 16.9. The number of likely N-dealkylation sites (tertiary alicyclic amines) is 1. The second-order valence-corrected chi connectivity index (χ2v) is 9.27. The molecule has 0 radical (unpaired) electrons. The van der Waals surface area contributed by atoms with E-state index in [2.05, 4.69) is 23.7 Å². The summed E-state index contributed by atoms with van der Waals surface area (Å²) in [6.07, 6.45) is 3.71. The van der Waals surface area contributed by atoms with Crippen molar-refractivity contribution in [2.24, 2.45) is 0 Å². The van der Waals surface area contributed by atoms with Gasteiger partial charge in [-0.3, -0.25) is 4.79 Å². The zero-order chi connectivity index (χ0) is 19.4. The van der Waals surface area contributed by atoms with Gasteiger partial charge in [0.2, 0.25) is 10.0 Å². The van der Waals surface area contributed by atoms with Crippen molar-refractivity contribution in [1.82, 2.24) is 14.5 Å². The second kappa shape index (κ2) is 8.68. The molecule has 1 aromatic carbocycles. The highest BCUT2D eigenvalue weighted by atomic mass is 32.2. The Kier molecular flexibility index (Phi) is 6.52. The van der Waals surface area contributed by atoms with Crippen LogP contribution in [-0.4, -0.2) is 76.6 Å². The van der Waals surface area contributed by atoms with Crippen LogP contribution in [0.5, 0.6) is 0 Å². The van der Waals surface area contributed by atoms with Gasteiger partial charge in [-0.1, -0.05) is 0 Å². The monoisotopic (exact) mass is 395 g/mol. The van der Waals surface area contributed by atoms with Gasteiger partial charge in [0.1, 0.15) is 0 Å². The molecule has 2 aliphatic heterocycles. The maximum Gasteiger partial charge on any atom is 0.253 e. The van der Waals surface area contributed by atoms with Crippen LogP contribution in [-0.2, 0) is 14.8 Å². The fourth-order valence-corrected chi connectivity index (χ4v) is 4.70. The third-order valence-electron chi connectivity index (χ3n) is 5.42. The lowest BCUT2D eigenvalue weighted by Crippen LogP contribution is -2.44. The van der Waals surface area contributed by atoms with Crippen LogP contribution in [0.3, 0.4) is 0 Å². The van der Waals surface area contributed by atoms with Crippen LogP contribution in [0.1, 0.15) is 36.0 Å². The van der Waals surface area contributed by atoms with E-state index in [9.17, 15) is 13.2 Å². The molecule has 2 saturated heterocycles. The largest absolute Gasteiger partial charge is 0.377 e. The normalized spacial score (nSPS) is 21.7. The average molecular weight is 396 g/mol. The minimum Gasteiger partial charge on any atom is -0.377 e. The average Bonchev–Trinajstić information content (AvgIpc) is 3.20. The van der Waals surface area contributed by atoms with Gasteiger partial charge in [0.05, 0.1) is 11.0 Å². The molecule has 0 bridgehead atoms. The van der Waals surface area contributed by atoms with E-state index in [0.717, 1.165) is 38.8 Å². The summed E-state index contributed by atoms with van der Waals surface area (Å²) in [5.41, 5.74) is 0.524. The zero-order valence-electron chi connectivity index (χ0n) is 16.1. The Bertz CT molecular complexity index is 735. The SMILES string of the molecule is CN(C)C1CCN(C(=O)c2ccc(S(=O)(=O)NCC3CCCO3)cc2)CC1. The minimum atomic E-state index is -3.59. The van der Waals surface area contributed by atoms with Crippen molar-refractivity contribution in [1.29, 1.82) is 0 Å². The van der Waals surface area contributed by atoms with Gasteiger partial charge in [-0.15, -0.1) is 0 Å². The smallest absolute Gasteiger partial charge is 0.253 e.